The Bertz CT molecular complexity index is 971. The van der Waals surface area contributed by atoms with Crippen molar-refractivity contribution in [3.05, 3.63) is 52.5 Å². The number of amides is 2. The van der Waals surface area contributed by atoms with E-state index in [1.165, 1.54) is 12.0 Å². The Kier molecular flexibility index (Phi) is 6.62. The first-order valence-corrected chi connectivity index (χ1v) is 9.84. The Hall–Kier alpha value is -3.06. The lowest BCUT2D eigenvalue weighted by molar-refractivity contribution is -0.151. The lowest BCUT2D eigenvalue weighted by atomic mass is 10.1. The van der Waals surface area contributed by atoms with E-state index in [1.54, 1.807) is 18.2 Å². The number of methoxy groups -OCH3 is 1. The number of ether oxygens (including phenoxy) is 2. The molecule has 1 aliphatic heterocycles. The van der Waals surface area contributed by atoms with Gasteiger partial charge in [0.25, 0.3) is 5.91 Å². The van der Waals surface area contributed by atoms with Crippen molar-refractivity contribution in [3.8, 4) is 5.75 Å². The molecule has 30 heavy (non-hydrogen) atoms. The minimum absolute atomic E-state index is 0.00692. The third-order valence-electron chi connectivity index (χ3n) is 4.98. The number of carbonyl (C=O) groups excluding carboxylic acids is 3. The van der Waals surface area contributed by atoms with Crippen molar-refractivity contribution in [2.75, 3.05) is 30.5 Å². The Morgan fingerprint density at radius 1 is 1.20 bits per heavy atom. The van der Waals surface area contributed by atoms with Crippen LogP contribution in [0, 0.1) is 19.8 Å². The Morgan fingerprint density at radius 2 is 1.90 bits per heavy atom. The highest BCUT2D eigenvalue weighted by atomic mass is 35.5. The molecule has 0 radical (unpaired) electrons. The highest BCUT2D eigenvalue weighted by Crippen LogP contribution is 2.35. The van der Waals surface area contributed by atoms with E-state index in [1.807, 2.05) is 32.0 Å². The predicted molar refractivity (Wildman–Crippen MR) is 114 cm³/mol. The van der Waals surface area contributed by atoms with Gasteiger partial charge in [-0.1, -0.05) is 29.8 Å². The van der Waals surface area contributed by atoms with Crippen LogP contribution in [0.25, 0.3) is 0 Å². The second-order valence-electron chi connectivity index (χ2n) is 7.14. The van der Waals surface area contributed by atoms with E-state index in [2.05, 4.69) is 5.32 Å². The van der Waals surface area contributed by atoms with Crippen molar-refractivity contribution in [2.45, 2.75) is 20.3 Å². The summed E-state index contributed by atoms with van der Waals surface area (Å²) in [6.45, 7) is 3.49. The molecule has 1 N–H and O–H groups in total. The summed E-state index contributed by atoms with van der Waals surface area (Å²) in [5.41, 5.74) is 3.04. The zero-order chi connectivity index (χ0) is 21.8. The summed E-state index contributed by atoms with van der Waals surface area (Å²) in [5.74, 6) is -1.46. The lowest BCUT2D eigenvalue weighted by Crippen LogP contribution is -2.28. The summed E-state index contributed by atoms with van der Waals surface area (Å²) < 4.78 is 10.5. The van der Waals surface area contributed by atoms with E-state index in [4.69, 9.17) is 21.1 Å². The molecule has 1 saturated heterocycles. The topological polar surface area (TPSA) is 84.9 Å². The SMILES string of the molecule is COc1ccc(Cl)cc1N1C[C@H](C(=O)OCC(=O)Nc2c(C)cccc2C)CC1=O. The summed E-state index contributed by atoms with van der Waals surface area (Å²) in [7, 11) is 1.49. The Labute approximate surface area is 179 Å². The highest BCUT2D eigenvalue weighted by molar-refractivity contribution is 6.31. The lowest BCUT2D eigenvalue weighted by Gasteiger charge is -2.19. The van der Waals surface area contributed by atoms with Crippen LogP contribution < -0.4 is 15.0 Å². The van der Waals surface area contributed by atoms with Crippen molar-refractivity contribution in [3.63, 3.8) is 0 Å². The first-order valence-electron chi connectivity index (χ1n) is 9.46. The molecule has 0 saturated carbocycles. The standard InChI is InChI=1S/C22H23ClN2O5/c1-13-5-4-6-14(2)21(13)24-19(26)12-30-22(28)15-9-20(27)25(11-15)17-10-16(23)7-8-18(17)29-3/h4-8,10,15H,9,11-12H2,1-3H3,(H,24,26)/t15-/m1/s1. The molecule has 2 aromatic carbocycles. The quantitative estimate of drug-likeness (QED) is 0.709. The van der Waals surface area contributed by atoms with E-state index < -0.39 is 24.4 Å². The maximum absolute atomic E-state index is 12.5. The number of esters is 1. The smallest absolute Gasteiger partial charge is 0.311 e. The molecule has 0 aromatic heterocycles. The van der Waals surface area contributed by atoms with Gasteiger partial charge in [0, 0.05) is 23.7 Å². The van der Waals surface area contributed by atoms with Crippen LogP contribution in [-0.4, -0.2) is 38.0 Å². The number of nitrogens with one attached hydrogen (secondary N) is 1. The van der Waals surface area contributed by atoms with Crippen LogP contribution in [0.1, 0.15) is 17.5 Å². The van der Waals surface area contributed by atoms with Crippen LogP contribution >= 0.6 is 11.6 Å². The molecule has 2 amide bonds. The number of halogens is 1. The van der Waals surface area contributed by atoms with Crippen LogP contribution in [0.3, 0.4) is 0 Å². The van der Waals surface area contributed by atoms with Gasteiger partial charge in [-0.3, -0.25) is 14.4 Å². The predicted octanol–water partition coefficient (Wildman–Crippen LogP) is 3.50. The number of hydrogen-bond acceptors (Lipinski definition) is 5. The van der Waals surface area contributed by atoms with E-state index in [0.29, 0.717) is 22.1 Å². The van der Waals surface area contributed by atoms with Gasteiger partial charge in [0.2, 0.25) is 5.91 Å². The summed E-state index contributed by atoms with van der Waals surface area (Å²) in [5, 5.41) is 3.22. The monoisotopic (exact) mass is 430 g/mol. The average Bonchev–Trinajstić information content (AvgIpc) is 3.10. The molecule has 7 nitrogen and oxygen atoms in total. The average molecular weight is 431 g/mol. The fourth-order valence-corrected chi connectivity index (χ4v) is 3.58. The van der Waals surface area contributed by atoms with Crippen LogP contribution in [0.15, 0.2) is 36.4 Å². The summed E-state index contributed by atoms with van der Waals surface area (Å²) in [6, 6.07) is 10.6. The number of carbonyl (C=O) groups is 3. The number of anilines is 2. The van der Waals surface area contributed by atoms with Crippen LogP contribution in [-0.2, 0) is 19.1 Å². The number of nitrogens with zero attached hydrogens (tertiary/aromatic N) is 1. The first kappa shape index (κ1) is 21.6. The summed E-state index contributed by atoms with van der Waals surface area (Å²) >= 11 is 6.04. The van der Waals surface area contributed by atoms with Gasteiger partial charge in [0.1, 0.15) is 5.75 Å². The Morgan fingerprint density at radius 3 is 2.57 bits per heavy atom. The van der Waals surface area contributed by atoms with Gasteiger partial charge in [-0.2, -0.15) is 0 Å². The zero-order valence-electron chi connectivity index (χ0n) is 17.0. The molecular weight excluding hydrogens is 408 g/mol. The normalized spacial score (nSPS) is 15.8. The molecule has 0 aliphatic carbocycles. The molecule has 158 valence electrons. The minimum Gasteiger partial charge on any atom is -0.495 e. The molecule has 2 aromatic rings. The van der Waals surface area contributed by atoms with E-state index in [-0.39, 0.29) is 18.9 Å². The molecule has 1 atom stereocenters. The third kappa shape index (κ3) is 4.74. The molecule has 1 heterocycles. The molecule has 0 unspecified atom stereocenters. The molecule has 8 heteroatoms. The van der Waals surface area contributed by atoms with E-state index >= 15 is 0 Å². The van der Waals surface area contributed by atoms with Crippen LogP contribution in [0.4, 0.5) is 11.4 Å². The number of rotatable bonds is 6. The van der Waals surface area contributed by atoms with Gasteiger partial charge in [-0.15, -0.1) is 0 Å². The van der Waals surface area contributed by atoms with Gasteiger partial charge < -0.3 is 19.7 Å². The molecule has 1 fully saturated rings. The summed E-state index contributed by atoms with van der Waals surface area (Å²) in [4.78, 5) is 38.6. The van der Waals surface area contributed by atoms with Gasteiger partial charge >= 0.3 is 5.97 Å². The van der Waals surface area contributed by atoms with Crippen LogP contribution in [0.5, 0.6) is 5.75 Å². The van der Waals surface area contributed by atoms with Gasteiger partial charge in [0.15, 0.2) is 6.61 Å². The van der Waals surface area contributed by atoms with E-state index in [0.717, 1.165) is 11.1 Å². The fraction of sp³-hybridized carbons (Fsp3) is 0.318. The van der Waals surface area contributed by atoms with Gasteiger partial charge in [0.05, 0.1) is 18.7 Å². The maximum Gasteiger partial charge on any atom is 0.311 e. The van der Waals surface area contributed by atoms with Crippen LogP contribution in [0.2, 0.25) is 5.02 Å². The highest BCUT2D eigenvalue weighted by Gasteiger charge is 2.37. The van der Waals surface area contributed by atoms with Gasteiger partial charge in [-0.05, 0) is 43.2 Å². The largest absolute Gasteiger partial charge is 0.495 e. The fourth-order valence-electron chi connectivity index (χ4n) is 3.41. The second kappa shape index (κ2) is 9.17. The van der Waals surface area contributed by atoms with Crippen molar-refractivity contribution >= 4 is 40.8 Å². The molecular formula is C22H23ClN2O5. The molecule has 3 rings (SSSR count). The van der Waals surface area contributed by atoms with Crippen molar-refractivity contribution in [2.24, 2.45) is 5.92 Å². The Balaban J connectivity index is 1.60. The van der Waals surface area contributed by atoms with Crippen molar-refractivity contribution in [1.82, 2.24) is 0 Å². The van der Waals surface area contributed by atoms with E-state index in [9.17, 15) is 14.4 Å². The maximum atomic E-state index is 12.5. The third-order valence-corrected chi connectivity index (χ3v) is 5.22. The molecule has 1 aliphatic rings. The van der Waals surface area contributed by atoms with Crippen molar-refractivity contribution in [1.29, 1.82) is 0 Å². The number of benzene rings is 2. The number of aryl methyl sites for hydroxylation is 2. The minimum atomic E-state index is -0.672. The summed E-state index contributed by atoms with van der Waals surface area (Å²) in [6.07, 6.45) is -0.00692. The van der Waals surface area contributed by atoms with Crippen molar-refractivity contribution < 1.29 is 23.9 Å². The number of hydrogen-bond donors (Lipinski definition) is 1. The second-order valence-corrected chi connectivity index (χ2v) is 7.58. The zero-order valence-corrected chi connectivity index (χ0v) is 17.8. The first-order chi connectivity index (χ1) is 14.3. The molecule has 0 bridgehead atoms. The molecule has 0 spiro atoms. The van der Waals surface area contributed by atoms with Gasteiger partial charge in [-0.25, -0.2) is 0 Å². The number of para-hydroxylation sites is 1.